The normalized spacial score (nSPS) is 12.5. The Bertz CT molecular complexity index is 383. The fourth-order valence-corrected chi connectivity index (χ4v) is 1.18. The lowest BCUT2D eigenvalue weighted by molar-refractivity contribution is 1.49. The number of nitriles is 1. The second-order valence-corrected chi connectivity index (χ2v) is 2.52. The molecule has 2 heteroatoms. The highest BCUT2D eigenvalue weighted by molar-refractivity contribution is 6.02. The van der Waals surface area contributed by atoms with E-state index >= 15 is 0 Å². The minimum absolute atomic E-state index is 0.713. The number of nitrogens with two attached hydrogens (primary N) is 1. The molecule has 2 N–H and O–H groups in total. The van der Waals surface area contributed by atoms with Crippen molar-refractivity contribution in [1.29, 1.82) is 5.26 Å². The molecule has 1 aromatic carbocycles. The van der Waals surface area contributed by atoms with E-state index in [1.54, 1.807) is 0 Å². The van der Waals surface area contributed by atoms with Crippen LogP contribution in [0.4, 0.5) is 5.69 Å². The molecule has 0 aliphatic heterocycles. The highest BCUT2D eigenvalue weighted by atomic mass is 14.5. The van der Waals surface area contributed by atoms with Gasteiger partial charge in [-0.25, -0.2) is 0 Å². The van der Waals surface area contributed by atoms with Crippen molar-refractivity contribution in [3.63, 3.8) is 0 Å². The maximum Gasteiger partial charge on any atom is 0.0998 e. The van der Waals surface area contributed by atoms with Gasteiger partial charge in [0.1, 0.15) is 0 Å². The van der Waals surface area contributed by atoms with Gasteiger partial charge in [0.25, 0.3) is 0 Å². The van der Waals surface area contributed by atoms with E-state index in [9.17, 15) is 0 Å². The van der Waals surface area contributed by atoms with Crippen molar-refractivity contribution in [3.05, 3.63) is 29.3 Å². The Morgan fingerprint density at radius 3 is 2.91 bits per heavy atom. The molecule has 0 radical (unpaired) electrons. The molecule has 0 unspecified atom stereocenters. The number of anilines is 1. The Hall–Kier alpha value is -1.75. The Labute approximate surface area is 64.6 Å². The fraction of sp³-hybridized carbons (Fsp3) is 0. The summed E-state index contributed by atoms with van der Waals surface area (Å²) >= 11 is 0. The van der Waals surface area contributed by atoms with Gasteiger partial charge in [-0.05, 0) is 23.8 Å². The number of hydrogen-bond acceptors (Lipinski definition) is 2. The Kier molecular flexibility index (Phi) is 1.02. The molecule has 0 heterocycles. The van der Waals surface area contributed by atoms with Gasteiger partial charge in [0.05, 0.1) is 11.6 Å². The van der Waals surface area contributed by atoms with Crippen molar-refractivity contribution >= 4 is 17.3 Å². The molecular formula is C9H6N2. The molecule has 0 bridgehead atoms. The number of nitrogens with zero attached hydrogens (tertiary/aromatic N) is 1. The molecule has 2 nitrogen and oxygen atoms in total. The number of hydrogen-bond donors (Lipinski definition) is 1. The van der Waals surface area contributed by atoms with Crippen molar-refractivity contribution in [2.45, 2.75) is 0 Å². The summed E-state index contributed by atoms with van der Waals surface area (Å²) in [5.74, 6) is 0. The second-order valence-electron chi connectivity index (χ2n) is 2.52. The zero-order chi connectivity index (χ0) is 7.84. The molecular weight excluding hydrogens is 136 g/mol. The van der Waals surface area contributed by atoms with E-state index in [-0.39, 0.29) is 0 Å². The zero-order valence-electron chi connectivity index (χ0n) is 5.83. The summed E-state index contributed by atoms with van der Waals surface area (Å²) in [5.41, 5.74) is 9.07. The third-order valence-electron chi connectivity index (χ3n) is 1.79. The van der Waals surface area contributed by atoms with Crippen LogP contribution in [0.25, 0.3) is 11.6 Å². The highest BCUT2D eigenvalue weighted by Crippen LogP contribution is 2.32. The molecule has 0 spiro atoms. The largest absolute Gasteiger partial charge is 0.399 e. The van der Waals surface area contributed by atoms with Crippen LogP contribution < -0.4 is 5.73 Å². The molecule has 1 aromatic rings. The summed E-state index contributed by atoms with van der Waals surface area (Å²) in [6, 6.07) is 7.68. The van der Waals surface area contributed by atoms with E-state index in [0.717, 1.165) is 16.7 Å². The Morgan fingerprint density at radius 1 is 1.36 bits per heavy atom. The first kappa shape index (κ1) is 5.99. The van der Waals surface area contributed by atoms with Crippen molar-refractivity contribution in [1.82, 2.24) is 0 Å². The van der Waals surface area contributed by atoms with Crippen molar-refractivity contribution in [3.8, 4) is 6.07 Å². The molecule has 0 aromatic heterocycles. The van der Waals surface area contributed by atoms with E-state index in [1.165, 1.54) is 0 Å². The van der Waals surface area contributed by atoms with E-state index < -0.39 is 0 Å². The molecule has 0 saturated heterocycles. The first-order valence-electron chi connectivity index (χ1n) is 3.33. The molecule has 11 heavy (non-hydrogen) atoms. The van der Waals surface area contributed by atoms with Crippen LogP contribution in [0.5, 0.6) is 0 Å². The third kappa shape index (κ3) is 0.714. The van der Waals surface area contributed by atoms with Gasteiger partial charge in [-0.3, -0.25) is 0 Å². The van der Waals surface area contributed by atoms with E-state index in [4.69, 9.17) is 11.0 Å². The predicted molar refractivity (Wildman–Crippen MR) is 44.3 cm³/mol. The van der Waals surface area contributed by atoms with Gasteiger partial charge in [-0.2, -0.15) is 5.26 Å². The number of benzene rings is 1. The van der Waals surface area contributed by atoms with E-state index in [1.807, 2.05) is 24.3 Å². The summed E-state index contributed by atoms with van der Waals surface area (Å²) in [5, 5.41) is 8.56. The van der Waals surface area contributed by atoms with Gasteiger partial charge in [-0.15, -0.1) is 0 Å². The van der Waals surface area contributed by atoms with Gasteiger partial charge in [0.15, 0.2) is 0 Å². The lowest BCUT2D eigenvalue weighted by Crippen LogP contribution is -1.98. The SMILES string of the molecule is N#CC1=Cc2ccc(N)cc21. The van der Waals surface area contributed by atoms with Crippen LogP contribution >= 0.6 is 0 Å². The third-order valence-corrected chi connectivity index (χ3v) is 1.79. The van der Waals surface area contributed by atoms with Crippen molar-refractivity contribution in [2.75, 3.05) is 5.73 Å². The number of rotatable bonds is 0. The molecule has 52 valence electrons. The van der Waals surface area contributed by atoms with Crippen molar-refractivity contribution < 1.29 is 0 Å². The van der Waals surface area contributed by atoms with E-state index in [2.05, 4.69) is 6.07 Å². The van der Waals surface area contributed by atoms with Gasteiger partial charge < -0.3 is 5.73 Å². The fourth-order valence-electron chi connectivity index (χ4n) is 1.18. The second kappa shape index (κ2) is 1.86. The standard InChI is InChI=1S/C9H6N2/c10-5-7-3-6-1-2-8(11)4-9(6)7/h1-4H,11H2. The van der Waals surface area contributed by atoms with Gasteiger partial charge in [0.2, 0.25) is 0 Å². The quantitative estimate of drug-likeness (QED) is 0.560. The van der Waals surface area contributed by atoms with Gasteiger partial charge in [-0.1, -0.05) is 6.07 Å². The van der Waals surface area contributed by atoms with Crippen LogP contribution in [-0.4, -0.2) is 0 Å². The highest BCUT2D eigenvalue weighted by Gasteiger charge is 2.14. The molecule has 0 atom stereocenters. The average Bonchev–Trinajstić information content (AvgIpc) is 1.97. The van der Waals surface area contributed by atoms with Crippen LogP contribution in [0.3, 0.4) is 0 Å². The topological polar surface area (TPSA) is 49.8 Å². The predicted octanol–water partition coefficient (Wildman–Crippen LogP) is 1.65. The lowest BCUT2D eigenvalue weighted by Gasteiger charge is -2.13. The van der Waals surface area contributed by atoms with Crippen LogP contribution in [0.2, 0.25) is 0 Å². The minimum Gasteiger partial charge on any atom is -0.399 e. The molecule has 0 fully saturated rings. The molecule has 0 amide bonds. The molecule has 2 rings (SSSR count). The number of nitrogen functional groups attached to an aromatic ring is 1. The van der Waals surface area contributed by atoms with Crippen LogP contribution in [-0.2, 0) is 0 Å². The summed E-state index contributed by atoms with van der Waals surface area (Å²) in [6.45, 7) is 0. The van der Waals surface area contributed by atoms with Gasteiger partial charge >= 0.3 is 0 Å². The molecule has 0 saturated carbocycles. The van der Waals surface area contributed by atoms with Crippen LogP contribution in [0, 0.1) is 11.3 Å². The van der Waals surface area contributed by atoms with E-state index in [0.29, 0.717) is 5.69 Å². The maximum atomic E-state index is 8.56. The first-order valence-corrected chi connectivity index (χ1v) is 3.33. The monoisotopic (exact) mass is 142 g/mol. The minimum atomic E-state index is 0.713. The number of allylic oxidation sites excluding steroid dienone is 1. The van der Waals surface area contributed by atoms with Gasteiger partial charge in [0, 0.05) is 11.3 Å². The summed E-state index contributed by atoms with van der Waals surface area (Å²) < 4.78 is 0. The number of fused-ring (bicyclic) bond motifs is 1. The first-order chi connectivity index (χ1) is 5.31. The smallest absolute Gasteiger partial charge is 0.0998 e. The molecule has 1 aliphatic carbocycles. The van der Waals surface area contributed by atoms with Crippen molar-refractivity contribution in [2.24, 2.45) is 0 Å². The van der Waals surface area contributed by atoms with Crippen LogP contribution in [0.1, 0.15) is 11.1 Å². The summed E-state index contributed by atoms with van der Waals surface area (Å²) in [7, 11) is 0. The Morgan fingerprint density at radius 2 is 2.18 bits per heavy atom. The maximum absolute atomic E-state index is 8.56. The Balaban J connectivity index is 2.55. The average molecular weight is 142 g/mol. The van der Waals surface area contributed by atoms with Crippen LogP contribution in [0.15, 0.2) is 18.2 Å². The summed E-state index contributed by atoms with van der Waals surface area (Å²) in [4.78, 5) is 0. The summed E-state index contributed by atoms with van der Waals surface area (Å²) in [6.07, 6.45) is 1.86. The zero-order valence-corrected chi connectivity index (χ0v) is 5.83. The molecule has 1 aliphatic rings. The lowest BCUT2D eigenvalue weighted by atomic mass is 9.89.